The number of fused-ring (bicyclic) bond motifs is 1. The molecule has 5 rings (SSSR count). The number of alkyl halides is 3. The minimum absolute atomic E-state index is 0.0377. The molecule has 0 unspecified atom stereocenters. The van der Waals surface area contributed by atoms with Crippen LogP contribution < -0.4 is 5.32 Å². The number of hydrogen-bond acceptors (Lipinski definition) is 4. The van der Waals surface area contributed by atoms with E-state index in [-0.39, 0.29) is 36.7 Å². The number of nitrogens with zero attached hydrogens (tertiary/aromatic N) is 2. The summed E-state index contributed by atoms with van der Waals surface area (Å²) in [5, 5.41) is 2.31. The Hall–Kier alpha value is -2.79. The first-order chi connectivity index (χ1) is 16.5. The SMILES string of the molecule is O=C(N[C@@H](c1cc(F)c(Cl)cc1F)C1COC1)[C@H]1C[C@H]2C[C@H]2N1C(=O)c1cccc(C(F)(F)F)n1. The smallest absolute Gasteiger partial charge is 0.381 e. The van der Waals surface area contributed by atoms with E-state index in [0.29, 0.717) is 12.8 Å². The molecular weight excluding hydrogens is 497 g/mol. The Labute approximate surface area is 201 Å². The molecule has 1 N–H and O–H groups in total. The maximum Gasteiger partial charge on any atom is 0.433 e. The molecule has 0 spiro atoms. The Kier molecular flexibility index (Phi) is 5.95. The van der Waals surface area contributed by atoms with E-state index >= 15 is 0 Å². The second kappa shape index (κ2) is 8.70. The molecule has 1 aromatic heterocycles. The molecule has 12 heteroatoms. The molecule has 0 bridgehead atoms. The second-order valence-corrected chi connectivity index (χ2v) is 9.41. The average Bonchev–Trinajstić information content (AvgIpc) is 3.43. The van der Waals surface area contributed by atoms with Crippen LogP contribution in [-0.2, 0) is 15.7 Å². The summed E-state index contributed by atoms with van der Waals surface area (Å²) >= 11 is 5.65. The first kappa shape index (κ1) is 23.9. The normalized spacial score (nSPS) is 24.5. The maximum atomic E-state index is 14.7. The van der Waals surface area contributed by atoms with E-state index in [1.807, 2.05) is 0 Å². The van der Waals surface area contributed by atoms with E-state index in [2.05, 4.69) is 10.3 Å². The molecule has 1 aliphatic carbocycles. The monoisotopic (exact) mass is 515 g/mol. The number of pyridine rings is 1. The van der Waals surface area contributed by atoms with Gasteiger partial charge in [-0.15, -0.1) is 0 Å². The van der Waals surface area contributed by atoms with Crippen LogP contribution in [0.5, 0.6) is 0 Å². The van der Waals surface area contributed by atoms with Crippen molar-refractivity contribution in [3.05, 3.63) is 63.9 Å². The lowest BCUT2D eigenvalue weighted by atomic mass is 9.90. The van der Waals surface area contributed by atoms with Crippen molar-refractivity contribution in [1.29, 1.82) is 0 Å². The Morgan fingerprint density at radius 2 is 1.89 bits per heavy atom. The van der Waals surface area contributed by atoms with Crippen molar-refractivity contribution in [1.82, 2.24) is 15.2 Å². The number of benzene rings is 1. The van der Waals surface area contributed by atoms with Gasteiger partial charge >= 0.3 is 6.18 Å². The van der Waals surface area contributed by atoms with Gasteiger partial charge in [0.05, 0.1) is 24.3 Å². The summed E-state index contributed by atoms with van der Waals surface area (Å²) in [5.41, 5.74) is -1.73. The summed E-state index contributed by atoms with van der Waals surface area (Å²) in [6.45, 7) is 0.419. The largest absolute Gasteiger partial charge is 0.433 e. The molecule has 1 saturated carbocycles. The van der Waals surface area contributed by atoms with Gasteiger partial charge in [-0.1, -0.05) is 17.7 Å². The minimum Gasteiger partial charge on any atom is -0.381 e. The van der Waals surface area contributed by atoms with Crippen LogP contribution >= 0.6 is 11.6 Å². The lowest BCUT2D eigenvalue weighted by Gasteiger charge is -2.36. The van der Waals surface area contributed by atoms with Gasteiger partial charge in [0.15, 0.2) is 0 Å². The Balaban J connectivity index is 1.39. The summed E-state index contributed by atoms with van der Waals surface area (Å²) in [4.78, 5) is 31.1. The number of nitrogens with one attached hydrogen (secondary N) is 1. The highest BCUT2D eigenvalue weighted by atomic mass is 35.5. The summed E-state index contributed by atoms with van der Waals surface area (Å²) < 4.78 is 73.1. The lowest BCUT2D eigenvalue weighted by Crippen LogP contribution is -2.51. The van der Waals surface area contributed by atoms with Crippen molar-refractivity contribution >= 4 is 23.4 Å². The molecule has 3 fully saturated rings. The van der Waals surface area contributed by atoms with Gasteiger partial charge < -0.3 is 15.0 Å². The lowest BCUT2D eigenvalue weighted by molar-refractivity contribution is -0.141. The standard InChI is InChI=1S/C23H19ClF5N3O3/c24-13-7-14(25)12(6-15(13)26)20(11-8-35-9-11)31-21(33)18-5-10-4-17(10)32(18)22(34)16-2-1-3-19(30-16)23(27,28)29/h1-3,6-7,10-11,17-18,20H,4-5,8-9H2,(H,31,33)/t10-,17-,18-,20-/m1/s1. The van der Waals surface area contributed by atoms with E-state index in [4.69, 9.17) is 16.3 Å². The molecular formula is C23H19ClF5N3O3. The highest BCUT2D eigenvalue weighted by Crippen LogP contribution is 2.48. The number of aromatic nitrogens is 1. The zero-order chi connectivity index (χ0) is 25.1. The van der Waals surface area contributed by atoms with Crippen LogP contribution in [0, 0.1) is 23.5 Å². The predicted octanol–water partition coefficient (Wildman–Crippen LogP) is 4.14. The molecule has 35 heavy (non-hydrogen) atoms. The predicted molar refractivity (Wildman–Crippen MR) is 112 cm³/mol. The number of rotatable bonds is 5. The maximum absolute atomic E-state index is 14.7. The number of carbonyl (C=O) groups excluding carboxylic acids is 2. The third kappa shape index (κ3) is 4.47. The van der Waals surface area contributed by atoms with Gasteiger partial charge in [-0.25, -0.2) is 13.8 Å². The molecule has 186 valence electrons. The molecule has 6 nitrogen and oxygen atoms in total. The van der Waals surface area contributed by atoms with Crippen molar-refractivity contribution in [3.63, 3.8) is 0 Å². The van der Waals surface area contributed by atoms with Gasteiger partial charge in [0.2, 0.25) is 5.91 Å². The van der Waals surface area contributed by atoms with E-state index in [1.165, 1.54) is 11.0 Å². The molecule has 2 aromatic rings. The highest BCUT2D eigenvalue weighted by molar-refractivity contribution is 6.30. The van der Waals surface area contributed by atoms with Crippen molar-refractivity contribution < 1.29 is 36.3 Å². The first-order valence-electron chi connectivity index (χ1n) is 10.9. The molecule has 3 aliphatic rings. The van der Waals surface area contributed by atoms with Crippen LogP contribution in [0.3, 0.4) is 0 Å². The number of carbonyl (C=O) groups is 2. The van der Waals surface area contributed by atoms with Crippen molar-refractivity contribution in [3.8, 4) is 0 Å². The van der Waals surface area contributed by atoms with Crippen LogP contribution in [0.15, 0.2) is 30.3 Å². The van der Waals surface area contributed by atoms with Gasteiger partial charge in [-0.2, -0.15) is 13.2 Å². The minimum atomic E-state index is -4.73. The van der Waals surface area contributed by atoms with Crippen LogP contribution in [0.1, 0.15) is 40.6 Å². The first-order valence-corrected chi connectivity index (χ1v) is 11.3. The van der Waals surface area contributed by atoms with Crippen LogP contribution in [-0.4, -0.2) is 47.0 Å². The number of hydrogen-bond donors (Lipinski definition) is 1. The van der Waals surface area contributed by atoms with Gasteiger partial charge in [-0.3, -0.25) is 9.59 Å². The van der Waals surface area contributed by atoms with Crippen LogP contribution in [0.2, 0.25) is 5.02 Å². The van der Waals surface area contributed by atoms with Gasteiger partial charge in [-0.05, 0) is 43.0 Å². The summed E-state index contributed by atoms with van der Waals surface area (Å²) in [7, 11) is 0. The highest BCUT2D eigenvalue weighted by Gasteiger charge is 2.56. The molecule has 4 atom stereocenters. The van der Waals surface area contributed by atoms with E-state index in [1.54, 1.807) is 0 Å². The van der Waals surface area contributed by atoms with Crippen molar-refractivity contribution in [2.24, 2.45) is 11.8 Å². The number of ether oxygens (including phenoxy) is 1. The number of piperidine rings is 1. The van der Waals surface area contributed by atoms with E-state index in [9.17, 15) is 31.5 Å². The topological polar surface area (TPSA) is 71.5 Å². The zero-order valence-corrected chi connectivity index (χ0v) is 18.7. The summed E-state index contributed by atoms with van der Waals surface area (Å²) in [5.74, 6) is -3.34. The second-order valence-electron chi connectivity index (χ2n) is 9.00. The molecule has 2 saturated heterocycles. The molecule has 2 aliphatic heterocycles. The molecule has 3 heterocycles. The summed E-state index contributed by atoms with van der Waals surface area (Å²) in [6.07, 6.45) is -3.78. The van der Waals surface area contributed by atoms with E-state index < -0.39 is 58.1 Å². The third-order valence-corrected chi connectivity index (χ3v) is 7.00. The quantitative estimate of drug-likeness (QED) is 0.480. The Morgan fingerprint density at radius 1 is 1.14 bits per heavy atom. The van der Waals surface area contributed by atoms with Crippen molar-refractivity contribution in [2.45, 2.75) is 37.1 Å². The Morgan fingerprint density at radius 3 is 2.54 bits per heavy atom. The number of likely N-dealkylation sites (tertiary alicyclic amines) is 1. The fraction of sp³-hybridized carbons (Fsp3) is 0.435. The number of amides is 2. The third-order valence-electron chi connectivity index (χ3n) is 6.71. The van der Waals surface area contributed by atoms with Gasteiger partial charge in [0, 0.05) is 17.5 Å². The number of halogens is 6. The van der Waals surface area contributed by atoms with Crippen LogP contribution in [0.25, 0.3) is 0 Å². The molecule has 2 amide bonds. The van der Waals surface area contributed by atoms with Crippen LogP contribution in [0.4, 0.5) is 22.0 Å². The Bertz CT molecular complexity index is 1190. The fourth-order valence-corrected chi connectivity index (χ4v) is 4.90. The molecule has 1 aromatic carbocycles. The van der Waals surface area contributed by atoms with Gasteiger partial charge in [0.25, 0.3) is 5.91 Å². The zero-order valence-electron chi connectivity index (χ0n) is 18.0. The average molecular weight is 516 g/mol. The molecule has 0 radical (unpaired) electrons. The van der Waals surface area contributed by atoms with Crippen molar-refractivity contribution in [2.75, 3.05) is 13.2 Å². The summed E-state index contributed by atoms with van der Waals surface area (Å²) in [6, 6.07) is 2.55. The van der Waals surface area contributed by atoms with E-state index in [0.717, 1.165) is 24.3 Å². The fourth-order valence-electron chi connectivity index (χ4n) is 4.75. The van der Waals surface area contributed by atoms with Gasteiger partial charge in [0.1, 0.15) is 29.1 Å².